The van der Waals surface area contributed by atoms with Crippen LogP contribution in [-0.2, 0) is 14.6 Å². The predicted octanol–water partition coefficient (Wildman–Crippen LogP) is -0.498. The van der Waals surface area contributed by atoms with Crippen LogP contribution in [0, 0.1) is 0 Å². The summed E-state index contributed by atoms with van der Waals surface area (Å²) in [4.78, 5) is 31.5. The Bertz CT molecular complexity index is 872. The molecule has 2 rings (SSSR count). The summed E-state index contributed by atoms with van der Waals surface area (Å²) in [5, 5.41) is 2.52. The first kappa shape index (κ1) is 15.1. The number of fused-ring (bicyclic) bond motifs is 1. The molecule has 0 bridgehead atoms. The van der Waals surface area contributed by atoms with Gasteiger partial charge in [0.25, 0.3) is 5.56 Å². The lowest BCUT2D eigenvalue weighted by atomic mass is 10.2. The van der Waals surface area contributed by atoms with Crippen LogP contribution in [0.2, 0.25) is 0 Å². The smallest absolute Gasteiger partial charge is 0.252 e. The van der Waals surface area contributed by atoms with E-state index >= 15 is 0 Å². The molecule has 0 fully saturated rings. The Labute approximate surface area is 120 Å². The van der Waals surface area contributed by atoms with Crippen molar-refractivity contribution in [2.24, 2.45) is 0 Å². The Balaban J connectivity index is 2.82. The van der Waals surface area contributed by atoms with Crippen molar-refractivity contribution in [3.8, 4) is 0 Å². The highest BCUT2D eigenvalue weighted by atomic mass is 32.2. The van der Waals surface area contributed by atoms with Crippen LogP contribution >= 0.6 is 0 Å². The molecule has 2 aromatic rings. The van der Waals surface area contributed by atoms with Crippen molar-refractivity contribution in [3.05, 3.63) is 28.7 Å². The largest absolute Gasteiger partial charge is 0.357 e. The number of hydrogen-bond acceptors (Lipinski definition) is 6. The minimum atomic E-state index is -3.61. The molecule has 0 saturated carbocycles. The van der Waals surface area contributed by atoms with E-state index in [4.69, 9.17) is 0 Å². The van der Waals surface area contributed by atoms with Crippen LogP contribution in [0.15, 0.2) is 28.3 Å². The Hall–Kier alpha value is -2.29. The minimum absolute atomic E-state index is 0.106. The van der Waals surface area contributed by atoms with Crippen LogP contribution in [0.5, 0.6) is 0 Å². The second-order valence-corrected chi connectivity index (χ2v) is 6.44. The molecule has 1 unspecified atom stereocenters. The van der Waals surface area contributed by atoms with E-state index in [0.717, 1.165) is 10.8 Å². The zero-order chi connectivity index (χ0) is 15.8. The molecule has 8 nitrogen and oxygen atoms in total. The number of nitrogens with one attached hydrogen (secondary N) is 1. The van der Waals surface area contributed by atoms with Gasteiger partial charge in [0.05, 0.1) is 0 Å². The number of likely N-dealkylation sites (N-methyl/N-ethyl adjacent to an activating group) is 1. The first-order chi connectivity index (χ1) is 9.75. The molecule has 0 spiro atoms. The van der Waals surface area contributed by atoms with Gasteiger partial charge in [-0.05, 0) is 13.0 Å². The number of aromatic nitrogens is 3. The van der Waals surface area contributed by atoms with E-state index in [1.807, 2.05) is 0 Å². The summed E-state index contributed by atoms with van der Waals surface area (Å²) in [6, 6.07) is 1.94. The molecule has 1 atom stereocenters. The molecule has 2 heterocycles. The van der Waals surface area contributed by atoms with Crippen LogP contribution in [0.4, 0.5) is 0 Å². The number of sulfone groups is 1. The molecule has 0 aliphatic carbocycles. The number of pyridine rings is 1. The number of hydrogen-bond donors (Lipinski definition) is 1. The lowest BCUT2D eigenvalue weighted by Gasteiger charge is -2.15. The Kier molecular flexibility index (Phi) is 3.77. The maximum atomic E-state index is 12.0. The highest BCUT2D eigenvalue weighted by Crippen LogP contribution is 2.15. The van der Waals surface area contributed by atoms with Gasteiger partial charge in [-0.25, -0.2) is 13.4 Å². The minimum Gasteiger partial charge on any atom is -0.357 e. The Morgan fingerprint density at radius 3 is 2.62 bits per heavy atom. The van der Waals surface area contributed by atoms with Gasteiger partial charge in [0.1, 0.15) is 11.7 Å². The molecule has 2 aromatic heterocycles. The van der Waals surface area contributed by atoms with Gasteiger partial charge in [0, 0.05) is 31.0 Å². The average molecular weight is 310 g/mol. The standard InChI is InChI=1S/C12H14N4O4S/c1-7(11(18)13-2)16-9(17)5-4-8-6-14-12(15-10(8)16)21(3,19)20/h4-7H,1-3H3,(H,13,18). The van der Waals surface area contributed by atoms with Crippen molar-refractivity contribution in [1.82, 2.24) is 19.9 Å². The SMILES string of the molecule is CNC(=O)C(C)n1c(=O)ccc2cnc(S(C)(=O)=O)nc21. The Morgan fingerprint density at radius 2 is 2.05 bits per heavy atom. The van der Waals surface area contributed by atoms with Crippen molar-refractivity contribution in [1.29, 1.82) is 0 Å². The lowest BCUT2D eigenvalue weighted by molar-refractivity contribution is -0.123. The van der Waals surface area contributed by atoms with Gasteiger partial charge in [0.2, 0.25) is 20.9 Å². The first-order valence-electron chi connectivity index (χ1n) is 6.05. The van der Waals surface area contributed by atoms with Gasteiger partial charge < -0.3 is 5.32 Å². The van der Waals surface area contributed by atoms with E-state index in [1.165, 1.54) is 32.3 Å². The van der Waals surface area contributed by atoms with Crippen LogP contribution < -0.4 is 10.9 Å². The molecule has 0 radical (unpaired) electrons. The molecule has 0 saturated heterocycles. The summed E-state index contributed by atoms with van der Waals surface area (Å²) >= 11 is 0. The van der Waals surface area contributed by atoms with Crippen molar-refractivity contribution in [2.75, 3.05) is 13.3 Å². The highest BCUT2D eigenvalue weighted by molar-refractivity contribution is 7.90. The van der Waals surface area contributed by atoms with Crippen molar-refractivity contribution in [3.63, 3.8) is 0 Å². The van der Waals surface area contributed by atoms with E-state index in [2.05, 4.69) is 15.3 Å². The molecule has 112 valence electrons. The van der Waals surface area contributed by atoms with Gasteiger partial charge in [-0.15, -0.1) is 0 Å². The van der Waals surface area contributed by atoms with Crippen LogP contribution in [0.1, 0.15) is 13.0 Å². The van der Waals surface area contributed by atoms with E-state index < -0.39 is 26.6 Å². The van der Waals surface area contributed by atoms with E-state index in [9.17, 15) is 18.0 Å². The van der Waals surface area contributed by atoms with E-state index in [1.54, 1.807) is 0 Å². The van der Waals surface area contributed by atoms with Crippen LogP contribution in [-0.4, -0.2) is 42.2 Å². The normalized spacial score (nSPS) is 13.1. The lowest BCUT2D eigenvalue weighted by Crippen LogP contribution is -2.34. The molecular weight excluding hydrogens is 296 g/mol. The Morgan fingerprint density at radius 1 is 1.38 bits per heavy atom. The van der Waals surface area contributed by atoms with Gasteiger partial charge in [-0.1, -0.05) is 0 Å². The van der Waals surface area contributed by atoms with Crippen LogP contribution in [0.25, 0.3) is 11.0 Å². The summed E-state index contributed by atoms with van der Waals surface area (Å²) in [7, 11) is -2.16. The maximum absolute atomic E-state index is 12.0. The van der Waals surface area contributed by atoms with Gasteiger partial charge in [0.15, 0.2) is 0 Å². The summed E-state index contributed by atoms with van der Waals surface area (Å²) in [5.74, 6) is -0.385. The van der Waals surface area contributed by atoms with E-state index in [-0.39, 0.29) is 11.6 Å². The molecular formula is C12H14N4O4S. The fraction of sp³-hybridized carbons (Fsp3) is 0.333. The molecule has 1 N–H and O–H groups in total. The summed E-state index contributed by atoms with van der Waals surface area (Å²) in [6.07, 6.45) is 2.28. The number of carbonyl (C=O) groups excluding carboxylic acids is 1. The first-order valence-corrected chi connectivity index (χ1v) is 7.95. The monoisotopic (exact) mass is 310 g/mol. The second kappa shape index (κ2) is 5.24. The zero-order valence-corrected chi connectivity index (χ0v) is 12.5. The number of amides is 1. The van der Waals surface area contributed by atoms with Crippen molar-refractivity contribution >= 4 is 26.8 Å². The third kappa shape index (κ3) is 2.77. The van der Waals surface area contributed by atoms with Gasteiger partial charge >= 0.3 is 0 Å². The maximum Gasteiger partial charge on any atom is 0.252 e. The van der Waals surface area contributed by atoms with Gasteiger partial charge in [-0.2, -0.15) is 4.98 Å². The molecule has 0 aliphatic heterocycles. The van der Waals surface area contributed by atoms with Crippen LogP contribution in [0.3, 0.4) is 0 Å². The molecule has 0 aliphatic rings. The molecule has 9 heteroatoms. The zero-order valence-electron chi connectivity index (χ0n) is 11.7. The van der Waals surface area contributed by atoms with Crippen molar-refractivity contribution < 1.29 is 13.2 Å². The quantitative estimate of drug-likeness (QED) is 0.765. The predicted molar refractivity (Wildman–Crippen MR) is 75.7 cm³/mol. The summed E-state index contributed by atoms with van der Waals surface area (Å²) < 4.78 is 24.2. The third-order valence-corrected chi connectivity index (χ3v) is 3.85. The summed E-state index contributed by atoms with van der Waals surface area (Å²) in [5.41, 5.74) is -0.342. The second-order valence-electron chi connectivity index (χ2n) is 4.54. The highest BCUT2D eigenvalue weighted by Gasteiger charge is 2.20. The average Bonchev–Trinajstić information content (AvgIpc) is 2.44. The third-order valence-electron chi connectivity index (χ3n) is 2.99. The number of carbonyl (C=O) groups is 1. The molecule has 0 aromatic carbocycles. The fourth-order valence-corrected chi connectivity index (χ4v) is 2.40. The van der Waals surface area contributed by atoms with Crippen molar-refractivity contribution in [2.45, 2.75) is 18.1 Å². The number of nitrogens with zero attached hydrogens (tertiary/aromatic N) is 3. The summed E-state index contributed by atoms with van der Waals surface area (Å²) in [6.45, 7) is 1.53. The fourth-order valence-electron chi connectivity index (χ4n) is 1.90. The topological polar surface area (TPSA) is 111 Å². The molecule has 1 amide bonds. The number of rotatable bonds is 3. The molecule has 21 heavy (non-hydrogen) atoms. The van der Waals surface area contributed by atoms with E-state index in [0.29, 0.717) is 5.39 Å². The van der Waals surface area contributed by atoms with Gasteiger partial charge in [-0.3, -0.25) is 14.2 Å².